The van der Waals surface area contributed by atoms with Gasteiger partial charge in [0.05, 0.1) is 38.8 Å². The number of anilines is 1. The van der Waals surface area contributed by atoms with Crippen LogP contribution in [0.5, 0.6) is 17.2 Å². The highest BCUT2D eigenvalue weighted by atomic mass is 79.9. The van der Waals surface area contributed by atoms with E-state index in [9.17, 15) is 0 Å². The molecule has 0 spiro atoms. The van der Waals surface area contributed by atoms with Crippen molar-refractivity contribution in [1.29, 1.82) is 0 Å². The predicted octanol–water partition coefficient (Wildman–Crippen LogP) is 3.41. The van der Waals surface area contributed by atoms with Crippen LogP contribution < -0.4 is 41.1 Å². The summed E-state index contributed by atoms with van der Waals surface area (Å²) in [5, 5.41) is 5.87. The molecule has 4 aromatic carbocycles. The Bertz CT molecular complexity index is 1530. The van der Waals surface area contributed by atoms with Gasteiger partial charge in [0, 0.05) is 18.2 Å². The van der Waals surface area contributed by atoms with Crippen LogP contribution in [-0.2, 0) is 19.5 Å². The molecule has 5 rings (SSSR count). The lowest BCUT2D eigenvalue weighted by atomic mass is 10.0. The molecule has 0 radical (unpaired) electrons. The highest BCUT2D eigenvalue weighted by Crippen LogP contribution is 2.33. The summed E-state index contributed by atoms with van der Waals surface area (Å²) >= 11 is 0. The number of aromatic nitrogens is 1. The maximum absolute atomic E-state index is 5.86. The molecule has 6 heteroatoms. The van der Waals surface area contributed by atoms with Gasteiger partial charge in [-0.3, -0.25) is 0 Å². The van der Waals surface area contributed by atoms with E-state index in [1.807, 2.05) is 18.2 Å². The van der Waals surface area contributed by atoms with Gasteiger partial charge in [-0.15, -0.1) is 0 Å². The summed E-state index contributed by atoms with van der Waals surface area (Å²) in [7, 11) is 5.06. The number of rotatable bonds is 10. The van der Waals surface area contributed by atoms with Gasteiger partial charge in [-0.1, -0.05) is 66.7 Å². The second kappa shape index (κ2) is 13.2. The fourth-order valence-corrected chi connectivity index (χ4v) is 4.81. The van der Waals surface area contributed by atoms with Gasteiger partial charge in [-0.25, -0.2) is 0 Å². The molecule has 0 aliphatic carbocycles. The fraction of sp³-hybridized carbons (Fsp3) is 0.182. The first kappa shape index (κ1) is 28.0. The van der Waals surface area contributed by atoms with Crippen molar-refractivity contribution in [2.45, 2.75) is 19.5 Å². The van der Waals surface area contributed by atoms with Gasteiger partial charge in [-0.2, -0.15) is 4.57 Å². The Morgan fingerprint density at radius 3 is 1.97 bits per heavy atom. The van der Waals surface area contributed by atoms with Gasteiger partial charge in [-0.05, 0) is 40.8 Å². The minimum Gasteiger partial charge on any atom is -1.00 e. The van der Waals surface area contributed by atoms with Gasteiger partial charge in [0.25, 0.3) is 0 Å². The molecule has 1 aromatic heterocycles. The third kappa shape index (κ3) is 6.52. The molecule has 5 nitrogen and oxygen atoms in total. The molecule has 0 unspecified atom stereocenters. The second-order valence-corrected chi connectivity index (χ2v) is 9.22. The summed E-state index contributed by atoms with van der Waals surface area (Å²) in [5.74, 6) is 2.27. The van der Waals surface area contributed by atoms with E-state index in [2.05, 4.69) is 94.9 Å². The van der Waals surface area contributed by atoms with Crippen molar-refractivity contribution in [1.82, 2.24) is 0 Å². The molecule has 5 aromatic rings. The van der Waals surface area contributed by atoms with Crippen molar-refractivity contribution in [2.24, 2.45) is 0 Å². The minimum atomic E-state index is 0. The van der Waals surface area contributed by atoms with Crippen molar-refractivity contribution in [3.8, 4) is 17.2 Å². The van der Waals surface area contributed by atoms with E-state index in [4.69, 9.17) is 14.2 Å². The minimum absolute atomic E-state index is 0. The standard InChI is InChI=1S/C33H32N2O3.BrH/c1-36-31-15-14-26(19-33(31)38-3)18-30-28-21-32(37-2)29(34-22-24-10-6-4-7-11-24)20-27(28)16-17-35(30)23-25-12-8-5-9-13-25;/h4-17,19-21H,18,22-23H2,1-3H3;1H. The Balaban J connectivity index is 0.00000353. The number of benzene rings is 4. The largest absolute Gasteiger partial charge is 1.00 e. The summed E-state index contributed by atoms with van der Waals surface area (Å²) in [6, 6.07) is 33.6. The lowest BCUT2D eigenvalue weighted by Crippen LogP contribution is -3.00. The topological polar surface area (TPSA) is 43.6 Å². The van der Waals surface area contributed by atoms with Gasteiger partial charge in [0.1, 0.15) is 5.75 Å². The van der Waals surface area contributed by atoms with Crippen LogP contribution in [0.15, 0.2) is 103 Å². The number of hydrogen-bond donors (Lipinski definition) is 1. The monoisotopic (exact) mass is 584 g/mol. The lowest BCUT2D eigenvalue weighted by molar-refractivity contribution is -0.693. The number of halogens is 1. The molecular weight excluding hydrogens is 552 g/mol. The summed E-state index contributed by atoms with van der Waals surface area (Å²) in [6.45, 7) is 1.50. The van der Waals surface area contributed by atoms with Crippen LogP contribution >= 0.6 is 0 Å². The average molecular weight is 586 g/mol. The summed E-state index contributed by atoms with van der Waals surface area (Å²) in [4.78, 5) is 0. The van der Waals surface area contributed by atoms with Gasteiger partial charge in [0.2, 0.25) is 0 Å². The van der Waals surface area contributed by atoms with Crippen molar-refractivity contribution in [3.05, 3.63) is 126 Å². The van der Waals surface area contributed by atoms with Crippen LogP contribution in [0, 0.1) is 0 Å². The van der Waals surface area contributed by atoms with E-state index in [0.29, 0.717) is 0 Å². The van der Waals surface area contributed by atoms with Crippen LogP contribution in [0.2, 0.25) is 0 Å². The van der Waals surface area contributed by atoms with Crippen molar-refractivity contribution >= 4 is 16.5 Å². The van der Waals surface area contributed by atoms with Gasteiger partial charge in [0.15, 0.2) is 29.9 Å². The van der Waals surface area contributed by atoms with Crippen LogP contribution in [0.4, 0.5) is 5.69 Å². The second-order valence-electron chi connectivity index (χ2n) is 9.22. The molecule has 0 aliphatic rings. The number of pyridine rings is 1. The van der Waals surface area contributed by atoms with Crippen LogP contribution in [0.1, 0.15) is 22.4 Å². The van der Waals surface area contributed by atoms with Gasteiger partial charge >= 0.3 is 0 Å². The molecule has 0 atom stereocenters. The molecule has 0 aliphatic heterocycles. The number of fused-ring (bicyclic) bond motifs is 1. The highest BCUT2D eigenvalue weighted by Gasteiger charge is 2.20. The number of hydrogen-bond acceptors (Lipinski definition) is 4. The number of nitrogens with one attached hydrogen (secondary N) is 1. The number of methoxy groups -OCH3 is 3. The smallest absolute Gasteiger partial charge is 0.194 e. The highest BCUT2D eigenvalue weighted by molar-refractivity contribution is 5.90. The van der Waals surface area contributed by atoms with Crippen molar-refractivity contribution < 1.29 is 35.8 Å². The molecule has 1 N–H and O–H groups in total. The zero-order valence-electron chi connectivity index (χ0n) is 22.5. The van der Waals surface area contributed by atoms with Crippen LogP contribution in [0.3, 0.4) is 0 Å². The first-order chi connectivity index (χ1) is 18.7. The van der Waals surface area contributed by atoms with E-state index in [1.165, 1.54) is 16.8 Å². The van der Waals surface area contributed by atoms with E-state index >= 15 is 0 Å². The van der Waals surface area contributed by atoms with Crippen molar-refractivity contribution in [2.75, 3.05) is 26.6 Å². The number of nitrogens with zero attached hydrogens (tertiary/aromatic N) is 1. The number of ether oxygens (including phenoxy) is 3. The summed E-state index contributed by atoms with van der Waals surface area (Å²) in [5.41, 5.74) is 5.78. The quantitative estimate of drug-likeness (QED) is 0.256. The van der Waals surface area contributed by atoms with E-state index < -0.39 is 0 Å². The van der Waals surface area contributed by atoms with Crippen molar-refractivity contribution in [3.63, 3.8) is 0 Å². The average Bonchev–Trinajstić information content (AvgIpc) is 2.97. The molecule has 0 amide bonds. The molecule has 200 valence electrons. The van der Waals surface area contributed by atoms with Gasteiger partial charge < -0.3 is 36.5 Å². The molecule has 0 saturated carbocycles. The Labute approximate surface area is 240 Å². The van der Waals surface area contributed by atoms with Crippen LogP contribution in [0.25, 0.3) is 10.8 Å². The van der Waals surface area contributed by atoms with E-state index in [0.717, 1.165) is 58.8 Å². The SMILES string of the molecule is COc1cc2c(Cc3ccc(OC)c(OC)c3)[n+](Cc3ccccc3)ccc2cc1NCc1ccccc1.[Br-]. The maximum Gasteiger partial charge on any atom is 0.194 e. The maximum atomic E-state index is 5.86. The third-order valence-electron chi connectivity index (χ3n) is 6.80. The summed E-state index contributed by atoms with van der Waals surface area (Å²) in [6.07, 6.45) is 2.91. The normalized spacial score (nSPS) is 10.5. The van der Waals surface area contributed by atoms with E-state index in [1.54, 1.807) is 21.3 Å². The summed E-state index contributed by atoms with van der Waals surface area (Å²) < 4.78 is 19.2. The zero-order valence-corrected chi connectivity index (χ0v) is 24.1. The fourth-order valence-electron chi connectivity index (χ4n) is 4.81. The zero-order chi connectivity index (χ0) is 26.3. The Kier molecular flexibility index (Phi) is 9.45. The Morgan fingerprint density at radius 2 is 1.31 bits per heavy atom. The lowest BCUT2D eigenvalue weighted by Gasteiger charge is -2.15. The first-order valence-electron chi connectivity index (χ1n) is 12.7. The molecule has 39 heavy (non-hydrogen) atoms. The Hall–Kier alpha value is -4.03. The molecule has 0 bridgehead atoms. The van der Waals surface area contributed by atoms with E-state index in [-0.39, 0.29) is 17.0 Å². The Morgan fingerprint density at radius 1 is 0.641 bits per heavy atom. The third-order valence-corrected chi connectivity index (χ3v) is 6.80. The predicted molar refractivity (Wildman–Crippen MR) is 152 cm³/mol. The molecule has 0 fully saturated rings. The molecular formula is C33H33BrN2O3. The first-order valence-corrected chi connectivity index (χ1v) is 12.7. The molecule has 1 heterocycles. The van der Waals surface area contributed by atoms with Crippen LogP contribution in [-0.4, -0.2) is 21.3 Å². The molecule has 0 saturated heterocycles.